The van der Waals surface area contributed by atoms with Crippen LogP contribution in [0, 0.1) is 5.92 Å². The quantitative estimate of drug-likeness (QED) is 0.843. The molecule has 0 saturated carbocycles. The number of rotatable bonds is 6. The molecule has 5 heteroatoms. The van der Waals surface area contributed by atoms with Crippen LogP contribution < -0.4 is 10.6 Å². The van der Waals surface area contributed by atoms with Gasteiger partial charge < -0.3 is 10.6 Å². The second-order valence-electron chi connectivity index (χ2n) is 4.70. The van der Waals surface area contributed by atoms with Crippen molar-refractivity contribution >= 4 is 23.0 Å². The van der Waals surface area contributed by atoms with Crippen LogP contribution in [-0.2, 0) is 0 Å². The summed E-state index contributed by atoms with van der Waals surface area (Å²) in [5, 5.41) is 8.75. The highest BCUT2D eigenvalue weighted by molar-refractivity contribution is 7.10. The summed E-state index contributed by atoms with van der Waals surface area (Å²) >= 11 is 1.77. The van der Waals surface area contributed by atoms with Gasteiger partial charge in [0, 0.05) is 11.4 Å². The molecule has 0 radical (unpaired) electrons. The van der Waals surface area contributed by atoms with Crippen LogP contribution in [0.2, 0.25) is 0 Å². The maximum atomic E-state index is 4.51. The van der Waals surface area contributed by atoms with Gasteiger partial charge in [-0.15, -0.1) is 11.3 Å². The Hall–Kier alpha value is -1.62. The second kappa shape index (κ2) is 6.52. The van der Waals surface area contributed by atoms with Crippen LogP contribution in [0.15, 0.2) is 29.9 Å². The molecule has 0 fully saturated rings. The van der Waals surface area contributed by atoms with Gasteiger partial charge in [0.15, 0.2) is 0 Å². The average molecular weight is 276 g/mol. The van der Waals surface area contributed by atoms with Crippen molar-refractivity contribution in [3.63, 3.8) is 0 Å². The lowest BCUT2D eigenvalue weighted by molar-refractivity contribution is 0.552. The molecule has 1 atom stereocenters. The first-order chi connectivity index (χ1) is 9.20. The van der Waals surface area contributed by atoms with Gasteiger partial charge in [0.25, 0.3) is 0 Å². The predicted octanol–water partition coefficient (Wildman–Crippen LogP) is 3.78. The summed E-state index contributed by atoms with van der Waals surface area (Å²) in [5.41, 5.74) is 0. The van der Waals surface area contributed by atoms with Crippen LogP contribution >= 0.6 is 11.3 Å². The average Bonchev–Trinajstić information content (AvgIpc) is 2.90. The monoisotopic (exact) mass is 276 g/mol. The first-order valence-electron chi connectivity index (χ1n) is 6.56. The summed E-state index contributed by atoms with van der Waals surface area (Å²) in [5.74, 6) is 2.11. The topological polar surface area (TPSA) is 49.8 Å². The molecule has 2 aromatic heterocycles. The van der Waals surface area contributed by atoms with E-state index in [2.05, 4.69) is 52.0 Å². The van der Waals surface area contributed by atoms with Crippen LogP contribution in [0.1, 0.15) is 31.7 Å². The summed E-state index contributed by atoms with van der Waals surface area (Å²) < 4.78 is 0. The van der Waals surface area contributed by atoms with Crippen molar-refractivity contribution in [3.05, 3.63) is 34.8 Å². The van der Waals surface area contributed by atoms with E-state index in [1.807, 2.05) is 6.92 Å². The van der Waals surface area contributed by atoms with Crippen LogP contribution in [0.5, 0.6) is 0 Å². The Morgan fingerprint density at radius 3 is 2.68 bits per heavy atom. The molecule has 0 aliphatic rings. The van der Waals surface area contributed by atoms with Gasteiger partial charge in [-0.25, -0.2) is 4.98 Å². The molecule has 0 amide bonds. The van der Waals surface area contributed by atoms with E-state index >= 15 is 0 Å². The van der Waals surface area contributed by atoms with Crippen molar-refractivity contribution in [2.24, 2.45) is 5.92 Å². The highest BCUT2D eigenvalue weighted by Crippen LogP contribution is 2.29. The molecule has 2 heterocycles. The van der Waals surface area contributed by atoms with Gasteiger partial charge >= 0.3 is 0 Å². The Labute approximate surface area is 118 Å². The number of aromatic nitrogens is 2. The zero-order chi connectivity index (χ0) is 13.7. The summed E-state index contributed by atoms with van der Waals surface area (Å²) in [6, 6.07) is 4.51. The minimum Gasteiger partial charge on any atom is -0.369 e. The fourth-order valence-corrected chi connectivity index (χ4v) is 2.84. The van der Waals surface area contributed by atoms with E-state index in [9.17, 15) is 0 Å². The van der Waals surface area contributed by atoms with E-state index in [1.54, 1.807) is 23.7 Å². The molecule has 0 aliphatic heterocycles. The predicted molar refractivity (Wildman–Crippen MR) is 81.7 cm³/mol. The molecule has 0 bridgehead atoms. The highest BCUT2D eigenvalue weighted by atomic mass is 32.1. The van der Waals surface area contributed by atoms with Gasteiger partial charge in [-0.2, -0.15) is 0 Å². The number of hydrogen-bond donors (Lipinski definition) is 2. The molecule has 102 valence electrons. The van der Waals surface area contributed by atoms with Crippen molar-refractivity contribution in [3.8, 4) is 0 Å². The molecule has 2 aromatic rings. The Balaban J connectivity index is 2.15. The van der Waals surface area contributed by atoms with E-state index in [0.717, 1.165) is 18.2 Å². The molecular formula is C14H20N4S. The SMILES string of the molecule is CCNc1cncc(NC(c2cccs2)C(C)C)n1. The van der Waals surface area contributed by atoms with Crippen molar-refractivity contribution in [2.45, 2.75) is 26.8 Å². The van der Waals surface area contributed by atoms with E-state index in [0.29, 0.717) is 5.92 Å². The molecule has 2 N–H and O–H groups in total. The van der Waals surface area contributed by atoms with Gasteiger partial charge in [0.2, 0.25) is 0 Å². The molecule has 2 rings (SSSR count). The van der Waals surface area contributed by atoms with E-state index < -0.39 is 0 Å². The number of nitrogens with zero attached hydrogens (tertiary/aromatic N) is 2. The van der Waals surface area contributed by atoms with Crippen molar-refractivity contribution in [2.75, 3.05) is 17.2 Å². The first kappa shape index (κ1) is 13.8. The number of thiophene rings is 1. The maximum absolute atomic E-state index is 4.51. The molecule has 1 unspecified atom stereocenters. The standard InChI is InChI=1S/C14H20N4S/c1-4-16-12-8-15-9-13(17-12)18-14(10(2)3)11-6-5-7-19-11/h5-10,14H,4H2,1-3H3,(H2,16,17,18). The lowest BCUT2D eigenvalue weighted by Gasteiger charge is -2.21. The van der Waals surface area contributed by atoms with Crippen LogP contribution in [0.3, 0.4) is 0 Å². The summed E-state index contributed by atoms with van der Waals surface area (Å²) in [4.78, 5) is 10.1. The van der Waals surface area contributed by atoms with Gasteiger partial charge in [0.1, 0.15) is 11.6 Å². The molecule has 0 saturated heterocycles. The lowest BCUT2D eigenvalue weighted by atomic mass is 10.0. The van der Waals surface area contributed by atoms with Crippen molar-refractivity contribution in [1.29, 1.82) is 0 Å². The third-order valence-electron chi connectivity index (χ3n) is 2.81. The van der Waals surface area contributed by atoms with Gasteiger partial charge in [-0.05, 0) is 24.3 Å². The number of anilines is 2. The summed E-state index contributed by atoms with van der Waals surface area (Å²) in [6.07, 6.45) is 3.51. The molecule has 4 nitrogen and oxygen atoms in total. The molecule has 0 spiro atoms. The van der Waals surface area contributed by atoms with Crippen molar-refractivity contribution in [1.82, 2.24) is 9.97 Å². The maximum Gasteiger partial charge on any atom is 0.147 e. The minimum absolute atomic E-state index is 0.270. The lowest BCUT2D eigenvalue weighted by Crippen LogP contribution is -2.17. The summed E-state index contributed by atoms with van der Waals surface area (Å²) in [6.45, 7) is 7.30. The highest BCUT2D eigenvalue weighted by Gasteiger charge is 2.17. The van der Waals surface area contributed by atoms with E-state index in [1.165, 1.54) is 4.88 Å². The zero-order valence-corrected chi connectivity index (χ0v) is 12.4. The third kappa shape index (κ3) is 3.67. The second-order valence-corrected chi connectivity index (χ2v) is 5.68. The number of hydrogen-bond acceptors (Lipinski definition) is 5. The Bertz CT molecular complexity index is 496. The summed E-state index contributed by atoms with van der Waals surface area (Å²) in [7, 11) is 0. The normalized spacial score (nSPS) is 12.4. The molecule has 0 aliphatic carbocycles. The van der Waals surface area contributed by atoms with Crippen molar-refractivity contribution < 1.29 is 0 Å². The zero-order valence-electron chi connectivity index (χ0n) is 11.6. The molecular weight excluding hydrogens is 256 g/mol. The molecule has 19 heavy (non-hydrogen) atoms. The number of nitrogens with one attached hydrogen (secondary N) is 2. The smallest absolute Gasteiger partial charge is 0.147 e. The van der Waals surface area contributed by atoms with E-state index in [-0.39, 0.29) is 6.04 Å². The van der Waals surface area contributed by atoms with Gasteiger partial charge in [0.05, 0.1) is 18.4 Å². The third-order valence-corrected chi connectivity index (χ3v) is 3.77. The Kier molecular flexibility index (Phi) is 4.74. The Morgan fingerprint density at radius 2 is 2.05 bits per heavy atom. The van der Waals surface area contributed by atoms with Crippen LogP contribution in [0.25, 0.3) is 0 Å². The van der Waals surface area contributed by atoms with Crippen LogP contribution in [-0.4, -0.2) is 16.5 Å². The fraction of sp³-hybridized carbons (Fsp3) is 0.429. The van der Waals surface area contributed by atoms with E-state index in [4.69, 9.17) is 0 Å². The van der Waals surface area contributed by atoms with Gasteiger partial charge in [-0.3, -0.25) is 4.98 Å². The largest absolute Gasteiger partial charge is 0.369 e. The fourth-order valence-electron chi connectivity index (χ4n) is 1.90. The minimum atomic E-state index is 0.270. The van der Waals surface area contributed by atoms with Crippen LogP contribution in [0.4, 0.5) is 11.6 Å². The van der Waals surface area contributed by atoms with Gasteiger partial charge in [-0.1, -0.05) is 19.9 Å². The Morgan fingerprint density at radius 1 is 1.26 bits per heavy atom. The molecule has 0 aromatic carbocycles. The first-order valence-corrected chi connectivity index (χ1v) is 7.44.